The molecule has 6 nitrogen and oxygen atoms in total. The van der Waals surface area contributed by atoms with Crippen LogP contribution in [0.2, 0.25) is 0 Å². The summed E-state index contributed by atoms with van der Waals surface area (Å²) in [6.45, 7) is 9.35. The van der Waals surface area contributed by atoms with Gasteiger partial charge in [-0.15, -0.1) is 0 Å². The van der Waals surface area contributed by atoms with Crippen molar-refractivity contribution in [1.29, 1.82) is 0 Å². The lowest BCUT2D eigenvalue weighted by Gasteiger charge is -2.15. The van der Waals surface area contributed by atoms with Gasteiger partial charge in [0.1, 0.15) is 0 Å². The minimum absolute atomic E-state index is 0.167. The van der Waals surface area contributed by atoms with E-state index in [4.69, 9.17) is 0 Å². The van der Waals surface area contributed by atoms with E-state index in [1.54, 1.807) is 29.2 Å². The fourth-order valence-corrected chi connectivity index (χ4v) is 3.28. The maximum atomic E-state index is 12.7. The first-order valence-electron chi connectivity index (χ1n) is 8.36. The van der Waals surface area contributed by atoms with E-state index >= 15 is 0 Å². The van der Waals surface area contributed by atoms with Crippen LogP contribution in [0.5, 0.6) is 0 Å². The molecule has 3 aromatic rings. The average Bonchev–Trinajstić information content (AvgIpc) is 3.10. The Hall–Kier alpha value is -2.15. The van der Waals surface area contributed by atoms with Gasteiger partial charge in [0, 0.05) is 12.7 Å². The highest BCUT2D eigenvalue weighted by Gasteiger charge is 2.18. The zero-order valence-electron chi connectivity index (χ0n) is 14.8. The van der Waals surface area contributed by atoms with Crippen LogP contribution in [0.25, 0.3) is 5.52 Å². The number of pyridine rings is 1. The van der Waals surface area contributed by atoms with Crippen LogP contribution in [0.1, 0.15) is 49.7 Å². The quantitative estimate of drug-likeness (QED) is 0.689. The Bertz CT molecular complexity index is 909. The Balaban J connectivity index is 1.87. The zero-order chi connectivity index (χ0) is 18.1. The van der Waals surface area contributed by atoms with Crippen molar-refractivity contribution in [3.63, 3.8) is 0 Å². The molecular weight excluding hydrogens is 382 g/mol. The van der Waals surface area contributed by atoms with Gasteiger partial charge in [0.25, 0.3) is 5.91 Å². The Kier molecular flexibility index (Phi) is 4.94. The molecule has 0 aromatic carbocycles. The van der Waals surface area contributed by atoms with E-state index in [9.17, 15) is 4.79 Å². The highest BCUT2D eigenvalue weighted by atomic mass is 79.9. The van der Waals surface area contributed by atoms with Crippen molar-refractivity contribution in [2.75, 3.05) is 5.32 Å². The van der Waals surface area contributed by atoms with Crippen molar-refractivity contribution < 1.29 is 4.79 Å². The minimum Gasteiger partial charge on any atom is -0.319 e. The van der Waals surface area contributed by atoms with Gasteiger partial charge in [-0.25, -0.2) is 4.52 Å². The summed E-state index contributed by atoms with van der Waals surface area (Å²) in [7, 11) is 0. The summed E-state index contributed by atoms with van der Waals surface area (Å²) in [6, 6.07) is 3.67. The standard InChI is InChI=1S/C18H22BrN5O/c1-11(2)9-24-17(12(3)4)15(8-21-24)22-18(25)13-5-6-16-14(19)7-20-23(16)10-13/h5-8,10-12H,9H2,1-4H3,(H,22,25). The fourth-order valence-electron chi connectivity index (χ4n) is 2.87. The largest absolute Gasteiger partial charge is 0.319 e. The van der Waals surface area contributed by atoms with E-state index in [0.29, 0.717) is 11.5 Å². The Labute approximate surface area is 155 Å². The lowest BCUT2D eigenvalue weighted by molar-refractivity contribution is 0.102. The third-order valence-corrected chi connectivity index (χ3v) is 4.56. The van der Waals surface area contributed by atoms with Crippen LogP contribution in [0.15, 0.2) is 35.2 Å². The molecule has 3 rings (SSSR count). The summed E-state index contributed by atoms with van der Waals surface area (Å²) in [5.41, 5.74) is 3.28. The predicted octanol–water partition coefficient (Wildman–Crippen LogP) is 4.33. The molecule has 3 heterocycles. The summed E-state index contributed by atoms with van der Waals surface area (Å²) in [5, 5.41) is 11.7. The number of aromatic nitrogens is 4. The normalized spacial score (nSPS) is 11.6. The number of carbonyl (C=O) groups is 1. The summed E-state index contributed by atoms with van der Waals surface area (Å²) < 4.78 is 4.57. The summed E-state index contributed by atoms with van der Waals surface area (Å²) in [6.07, 6.45) is 5.17. The van der Waals surface area contributed by atoms with Crippen LogP contribution >= 0.6 is 15.9 Å². The first kappa shape index (κ1) is 17.7. The predicted molar refractivity (Wildman–Crippen MR) is 102 cm³/mol. The van der Waals surface area contributed by atoms with Gasteiger partial charge in [0.05, 0.1) is 39.3 Å². The second kappa shape index (κ2) is 7.00. The number of amides is 1. The molecule has 0 atom stereocenters. The molecule has 0 aliphatic heterocycles. The number of carbonyl (C=O) groups excluding carboxylic acids is 1. The van der Waals surface area contributed by atoms with Crippen molar-refractivity contribution in [2.45, 2.75) is 40.2 Å². The van der Waals surface area contributed by atoms with E-state index in [-0.39, 0.29) is 11.8 Å². The first-order chi connectivity index (χ1) is 11.9. The van der Waals surface area contributed by atoms with E-state index in [2.05, 4.69) is 59.1 Å². The molecule has 1 amide bonds. The van der Waals surface area contributed by atoms with Gasteiger partial charge < -0.3 is 5.32 Å². The smallest absolute Gasteiger partial charge is 0.257 e. The van der Waals surface area contributed by atoms with E-state index in [1.807, 2.05) is 10.7 Å². The number of fused-ring (bicyclic) bond motifs is 1. The van der Waals surface area contributed by atoms with E-state index in [1.165, 1.54) is 0 Å². The number of nitrogens with zero attached hydrogens (tertiary/aromatic N) is 4. The van der Waals surface area contributed by atoms with Crippen molar-refractivity contribution in [1.82, 2.24) is 19.4 Å². The second-order valence-corrected chi connectivity index (χ2v) is 7.72. The molecule has 0 radical (unpaired) electrons. The lowest BCUT2D eigenvalue weighted by atomic mass is 10.1. The highest BCUT2D eigenvalue weighted by Crippen LogP contribution is 2.25. The van der Waals surface area contributed by atoms with Gasteiger partial charge in [0.15, 0.2) is 0 Å². The minimum atomic E-state index is -0.167. The molecule has 0 saturated carbocycles. The van der Waals surface area contributed by atoms with E-state index < -0.39 is 0 Å². The molecule has 0 aliphatic carbocycles. The molecule has 0 aliphatic rings. The van der Waals surface area contributed by atoms with Gasteiger partial charge in [0.2, 0.25) is 0 Å². The van der Waals surface area contributed by atoms with Gasteiger partial charge in [-0.1, -0.05) is 27.7 Å². The molecule has 0 fully saturated rings. The van der Waals surface area contributed by atoms with Crippen LogP contribution in [0.4, 0.5) is 5.69 Å². The van der Waals surface area contributed by atoms with Gasteiger partial charge in [-0.05, 0) is 39.9 Å². The molecule has 0 spiro atoms. The fraction of sp³-hybridized carbons (Fsp3) is 0.389. The average molecular weight is 404 g/mol. The number of halogens is 1. The van der Waals surface area contributed by atoms with Gasteiger partial charge in [-0.3, -0.25) is 9.48 Å². The molecule has 0 unspecified atom stereocenters. The van der Waals surface area contributed by atoms with Crippen molar-refractivity contribution in [3.05, 3.63) is 46.5 Å². The van der Waals surface area contributed by atoms with Crippen LogP contribution in [0, 0.1) is 5.92 Å². The van der Waals surface area contributed by atoms with E-state index in [0.717, 1.165) is 27.9 Å². The monoisotopic (exact) mass is 403 g/mol. The molecule has 0 saturated heterocycles. The first-order valence-corrected chi connectivity index (χ1v) is 9.16. The maximum absolute atomic E-state index is 12.7. The summed E-state index contributed by atoms with van der Waals surface area (Å²) in [5.74, 6) is 0.585. The summed E-state index contributed by atoms with van der Waals surface area (Å²) >= 11 is 3.44. The van der Waals surface area contributed by atoms with Crippen LogP contribution < -0.4 is 5.32 Å². The lowest BCUT2D eigenvalue weighted by Crippen LogP contribution is -2.16. The molecule has 0 bridgehead atoms. The number of rotatable bonds is 5. The number of hydrogen-bond donors (Lipinski definition) is 1. The third-order valence-electron chi connectivity index (χ3n) is 3.94. The van der Waals surface area contributed by atoms with Crippen molar-refractivity contribution in [2.24, 2.45) is 5.92 Å². The molecule has 1 N–H and O–H groups in total. The molecular formula is C18H22BrN5O. The topological polar surface area (TPSA) is 64.2 Å². The second-order valence-electron chi connectivity index (χ2n) is 6.87. The summed E-state index contributed by atoms with van der Waals surface area (Å²) in [4.78, 5) is 12.7. The maximum Gasteiger partial charge on any atom is 0.257 e. The number of hydrogen-bond acceptors (Lipinski definition) is 3. The van der Waals surface area contributed by atoms with Crippen LogP contribution in [-0.2, 0) is 6.54 Å². The highest BCUT2D eigenvalue weighted by molar-refractivity contribution is 9.10. The number of anilines is 1. The Morgan fingerprint density at radius 1 is 1.20 bits per heavy atom. The molecule has 7 heteroatoms. The van der Waals surface area contributed by atoms with Crippen molar-refractivity contribution >= 4 is 33.0 Å². The Morgan fingerprint density at radius 2 is 1.96 bits per heavy atom. The van der Waals surface area contributed by atoms with Gasteiger partial charge in [-0.2, -0.15) is 10.2 Å². The van der Waals surface area contributed by atoms with Crippen LogP contribution in [-0.4, -0.2) is 25.3 Å². The van der Waals surface area contributed by atoms with Crippen LogP contribution in [0.3, 0.4) is 0 Å². The number of nitrogens with one attached hydrogen (secondary N) is 1. The molecule has 25 heavy (non-hydrogen) atoms. The van der Waals surface area contributed by atoms with Crippen molar-refractivity contribution in [3.8, 4) is 0 Å². The van der Waals surface area contributed by atoms with Gasteiger partial charge >= 0.3 is 0 Å². The third kappa shape index (κ3) is 3.61. The Morgan fingerprint density at radius 3 is 2.64 bits per heavy atom. The SMILES string of the molecule is CC(C)Cn1ncc(NC(=O)c2ccc3c(Br)cnn3c2)c1C(C)C. The molecule has 132 valence electrons. The molecule has 3 aromatic heterocycles. The zero-order valence-corrected chi connectivity index (χ0v) is 16.4.